The third-order valence-electron chi connectivity index (χ3n) is 6.88. The Labute approximate surface area is 242 Å². The average Bonchev–Trinajstić information content (AvgIpc) is 3.34. The van der Waals surface area contributed by atoms with E-state index in [9.17, 15) is 34.8 Å². The molecule has 0 unspecified atom stereocenters. The van der Waals surface area contributed by atoms with Gasteiger partial charge in [-0.25, -0.2) is 26.5 Å². The molecule has 2 fully saturated rings. The molecule has 9 nitrogen and oxygen atoms in total. The molecule has 15 heteroatoms. The fourth-order valence-electron chi connectivity index (χ4n) is 4.99. The van der Waals surface area contributed by atoms with Crippen LogP contribution in [0.5, 0.6) is 0 Å². The molecule has 0 spiro atoms. The summed E-state index contributed by atoms with van der Waals surface area (Å²) in [6.45, 7) is 5.40. The number of nitrogens with one attached hydrogen (secondary N) is 2. The first-order valence-electron chi connectivity index (χ1n) is 13.4. The Morgan fingerprint density at radius 3 is 2.22 bits per heavy atom. The van der Waals surface area contributed by atoms with Crippen LogP contribution in [0.4, 0.5) is 13.2 Å². The van der Waals surface area contributed by atoms with Crippen molar-refractivity contribution in [3.8, 4) is 10.4 Å². The Kier molecular flexibility index (Phi) is 9.25. The van der Waals surface area contributed by atoms with Crippen molar-refractivity contribution < 1.29 is 39.5 Å². The van der Waals surface area contributed by atoms with Gasteiger partial charge in [0, 0.05) is 24.8 Å². The molecule has 1 aromatic heterocycles. The van der Waals surface area contributed by atoms with Crippen molar-refractivity contribution in [2.45, 2.75) is 98.6 Å². The number of carbonyl (C=O) groups excluding carboxylic acids is 1. The molecule has 2 aliphatic rings. The van der Waals surface area contributed by atoms with Crippen LogP contribution in [0.2, 0.25) is 0 Å². The number of amides is 1. The number of hydrogen-bond acceptors (Lipinski definition) is 8. The summed E-state index contributed by atoms with van der Waals surface area (Å²) < 4.78 is 103. The van der Waals surface area contributed by atoms with Gasteiger partial charge in [0.25, 0.3) is 5.91 Å². The van der Waals surface area contributed by atoms with E-state index < -0.39 is 58.2 Å². The lowest BCUT2D eigenvalue weighted by Gasteiger charge is -2.23. The molecule has 0 atom stereocenters. The van der Waals surface area contributed by atoms with Gasteiger partial charge in [-0.1, -0.05) is 25.3 Å². The zero-order chi connectivity index (χ0) is 30.2. The van der Waals surface area contributed by atoms with Gasteiger partial charge in [0.1, 0.15) is 0 Å². The van der Waals surface area contributed by atoms with Gasteiger partial charge in [0.05, 0.1) is 20.6 Å². The van der Waals surface area contributed by atoms with E-state index in [0.717, 1.165) is 18.6 Å². The minimum absolute atomic E-state index is 0.133. The summed E-state index contributed by atoms with van der Waals surface area (Å²) in [4.78, 5) is 16.2. The predicted molar refractivity (Wildman–Crippen MR) is 148 cm³/mol. The van der Waals surface area contributed by atoms with Crippen molar-refractivity contribution in [2.24, 2.45) is 0 Å². The van der Waals surface area contributed by atoms with E-state index in [1.165, 1.54) is 20.8 Å². The van der Waals surface area contributed by atoms with Crippen LogP contribution in [0.3, 0.4) is 0 Å². The first kappa shape index (κ1) is 31.9. The molecular formula is C26H34F3N3O6S3. The zero-order valence-corrected chi connectivity index (χ0v) is 25.5. The van der Waals surface area contributed by atoms with Crippen LogP contribution in [0.1, 0.15) is 81.1 Å². The number of halogens is 3. The third kappa shape index (κ3) is 7.48. The third-order valence-corrected chi connectivity index (χ3v) is 12.1. The highest BCUT2D eigenvalue weighted by atomic mass is 32.2. The molecule has 1 saturated carbocycles. The molecule has 41 heavy (non-hydrogen) atoms. The summed E-state index contributed by atoms with van der Waals surface area (Å²) in [5, 5.41) is 1.38. The fraction of sp³-hybridized carbons (Fsp3) is 0.615. The molecule has 0 bridgehead atoms. The Morgan fingerprint density at radius 1 is 1.00 bits per heavy atom. The maximum atomic E-state index is 14.2. The number of carbonyl (C=O) groups is 1. The van der Waals surface area contributed by atoms with Crippen LogP contribution >= 0.6 is 11.3 Å². The maximum Gasteiger partial charge on any atom is 0.417 e. The largest absolute Gasteiger partial charge is 0.417 e. The molecule has 2 N–H and O–H groups in total. The molecule has 1 saturated heterocycles. The minimum atomic E-state index is -5.08. The van der Waals surface area contributed by atoms with Crippen LogP contribution in [-0.2, 0) is 30.8 Å². The van der Waals surface area contributed by atoms with Crippen LogP contribution in [0, 0.1) is 0 Å². The number of alkyl halides is 3. The number of sulfonamides is 1. The topological polar surface area (TPSA) is 132 Å². The Morgan fingerprint density at radius 2 is 1.63 bits per heavy atom. The Bertz CT molecular complexity index is 1490. The molecular weight excluding hydrogens is 603 g/mol. The number of thiazole rings is 1. The quantitative estimate of drug-likeness (QED) is 0.441. The lowest BCUT2D eigenvalue weighted by molar-refractivity contribution is -0.139. The molecule has 2 aromatic rings. The van der Waals surface area contributed by atoms with Crippen molar-refractivity contribution in [3.63, 3.8) is 0 Å². The minimum Gasteiger partial charge on any atom is -0.381 e. The van der Waals surface area contributed by atoms with Crippen molar-refractivity contribution in [1.82, 2.24) is 15.0 Å². The molecule has 228 valence electrons. The maximum absolute atomic E-state index is 14.2. The van der Waals surface area contributed by atoms with Gasteiger partial charge in [-0.05, 0) is 64.2 Å². The van der Waals surface area contributed by atoms with Crippen molar-refractivity contribution >= 4 is 37.1 Å². The average molecular weight is 638 g/mol. The first-order chi connectivity index (χ1) is 19.0. The molecule has 0 radical (unpaired) electrons. The predicted octanol–water partition coefficient (Wildman–Crippen LogP) is 4.92. The second-order valence-electron chi connectivity index (χ2n) is 11.4. The van der Waals surface area contributed by atoms with Gasteiger partial charge < -0.3 is 10.1 Å². The zero-order valence-electron chi connectivity index (χ0n) is 23.0. The first-order valence-corrected chi connectivity index (χ1v) is 17.2. The van der Waals surface area contributed by atoms with Gasteiger partial charge >= 0.3 is 6.18 Å². The van der Waals surface area contributed by atoms with E-state index in [2.05, 4.69) is 15.0 Å². The van der Waals surface area contributed by atoms with Crippen LogP contribution < -0.4 is 10.0 Å². The summed E-state index contributed by atoms with van der Waals surface area (Å²) in [5.74, 6) is -0.627. The van der Waals surface area contributed by atoms with E-state index in [4.69, 9.17) is 4.74 Å². The molecule has 4 rings (SSSR count). The number of benzene rings is 1. The van der Waals surface area contributed by atoms with Crippen LogP contribution in [0.15, 0.2) is 28.1 Å². The van der Waals surface area contributed by atoms with Gasteiger partial charge in [-0.3, -0.25) is 4.79 Å². The number of aromatic nitrogens is 1. The highest BCUT2D eigenvalue weighted by Gasteiger charge is 2.40. The highest BCUT2D eigenvalue weighted by molar-refractivity contribution is 7.92. The van der Waals surface area contributed by atoms with Crippen molar-refractivity contribution in [2.75, 3.05) is 13.2 Å². The number of hydrogen-bond donors (Lipinski definition) is 2. The van der Waals surface area contributed by atoms with E-state index >= 15 is 0 Å². The Hall–Kier alpha value is -2.07. The number of nitrogens with zero attached hydrogens (tertiary/aromatic N) is 1. The number of ether oxygens (including phenoxy) is 1. The lowest BCUT2D eigenvalue weighted by atomic mass is 10.0. The number of sulfone groups is 1. The van der Waals surface area contributed by atoms with Gasteiger partial charge in [-0.2, -0.15) is 13.2 Å². The SMILES string of the molecule is CC(C)(C)NS(=O)(=O)c1ccc(-c2sc(C(=O)NC3CCOCC3)nc2S(=O)(=O)C2CCCCC2)cc1C(F)(F)F. The summed E-state index contributed by atoms with van der Waals surface area (Å²) in [7, 11) is -8.70. The summed E-state index contributed by atoms with van der Waals surface area (Å²) in [5.41, 5.74) is -2.69. The van der Waals surface area contributed by atoms with Gasteiger partial charge in [0.2, 0.25) is 10.0 Å². The van der Waals surface area contributed by atoms with E-state index in [1.807, 2.05) is 0 Å². The Balaban J connectivity index is 1.84. The van der Waals surface area contributed by atoms with Crippen LogP contribution in [0.25, 0.3) is 10.4 Å². The van der Waals surface area contributed by atoms with Gasteiger partial charge in [0.15, 0.2) is 19.9 Å². The van der Waals surface area contributed by atoms with E-state index in [0.29, 0.717) is 69.1 Å². The monoisotopic (exact) mass is 637 g/mol. The summed E-state index contributed by atoms with van der Waals surface area (Å²) >= 11 is 0.677. The number of rotatable bonds is 7. The van der Waals surface area contributed by atoms with Crippen LogP contribution in [-0.4, -0.2) is 57.8 Å². The summed E-state index contributed by atoms with van der Waals surface area (Å²) in [6, 6.07) is 2.34. The standard InChI is InChI=1S/C26H34F3N3O6S3/c1-25(2,3)32-41(36,37)20-10-9-16(15-19(20)26(27,28)29)21-24(40(34,35)18-7-5-4-6-8-18)31-23(39-21)22(33)30-17-11-13-38-14-12-17/h9-10,15,17-18,32H,4-8,11-14H2,1-3H3,(H,30,33). The molecule has 1 aliphatic heterocycles. The van der Waals surface area contributed by atoms with E-state index in [1.54, 1.807) is 0 Å². The lowest BCUT2D eigenvalue weighted by Crippen LogP contribution is -2.41. The summed E-state index contributed by atoms with van der Waals surface area (Å²) in [6.07, 6.45) is -0.942. The van der Waals surface area contributed by atoms with Crippen molar-refractivity contribution in [1.29, 1.82) is 0 Å². The highest BCUT2D eigenvalue weighted by Crippen LogP contribution is 2.42. The second kappa shape index (κ2) is 11.9. The fourth-order valence-corrected chi connectivity index (χ4v) is 9.87. The molecule has 1 aromatic carbocycles. The van der Waals surface area contributed by atoms with Crippen molar-refractivity contribution in [3.05, 3.63) is 28.8 Å². The molecule has 1 aliphatic carbocycles. The van der Waals surface area contributed by atoms with Gasteiger partial charge in [-0.15, -0.1) is 11.3 Å². The van der Waals surface area contributed by atoms with E-state index in [-0.39, 0.29) is 21.5 Å². The normalized spacial score (nSPS) is 18.4. The molecule has 2 heterocycles. The smallest absolute Gasteiger partial charge is 0.381 e. The molecule has 1 amide bonds. The second-order valence-corrected chi connectivity index (χ2v) is 16.2.